The number of thioether (sulfide) groups is 1. The lowest BCUT2D eigenvalue weighted by Crippen LogP contribution is -1.98. The summed E-state index contributed by atoms with van der Waals surface area (Å²) >= 11 is 1.72. The predicted molar refractivity (Wildman–Crippen MR) is 45.6 cm³/mol. The molecule has 0 saturated carbocycles. The number of hydrogen-bond acceptors (Lipinski definition) is 3. The quantitative estimate of drug-likeness (QED) is 0.587. The fourth-order valence-electron chi connectivity index (χ4n) is 0.707. The molecule has 10 heavy (non-hydrogen) atoms. The normalized spacial score (nSPS) is 17.1. The molecule has 0 saturated heterocycles. The second kappa shape index (κ2) is 4.61. The summed E-state index contributed by atoms with van der Waals surface area (Å²) in [6.07, 6.45) is 2.33. The van der Waals surface area contributed by atoms with Crippen molar-refractivity contribution in [3.8, 4) is 0 Å². The number of unbranched alkanes of at least 4 members (excludes halogenated alkanes) is 1. The van der Waals surface area contributed by atoms with Gasteiger partial charge in [-0.2, -0.15) is 0 Å². The van der Waals surface area contributed by atoms with Crippen LogP contribution in [0.15, 0.2) is 4.99 Å². The summed E-state index contributed by atoms with van der Waals surface area (Å²) in [6.45, 7) is 3.93. The van der Waals surface area contributed by atoms with Crippen molar-refractivity contribution in [1.82, 2.24) is 0 Å². The molecule has 2 nitrogen and oxygen atoms in total. The summed E-state index contributed by atoms with van der Waals surface area (Å²) in [4.78, 5) is 4.16. The van der Waals surface area contributed by atoms with Crippen LogP contribution in [-0.2, 0) is 4.74 Å². The number of nitrogens with zero attached hydrogens (tertiary/aromatic N) is 1. The maximum absolute atomic E-state index is 5.36. The Balaban J connectivity index is 2.01. The minimum Gasteiger partial charge on any atom is -0.473 e. The van der Waals surface area contributed by atoms with E-state index < -0.39 is 0 Å². The van der Waals surface area contributed by atoms with Crippen LogP contribution < -0.4 is 0 Å². The van der Waals surface area contributed by atoms with E-state index in [1.54, 1.807) is 11.8 Å². The minimum atomic E-state index is 0.836. The number of aliphatic imine (C=N–C) groups is 1. The van der Waals surface area contributed by atoms with E-state index in [0.29, 0.717) is 0 Å². The van der Waals surface area contributed by atoms with E-state index in [0.717, 1.165) is 30.6 Å². The SMILES string of the molecule is CCCCOC1=NCCS1. The Bertz CT molecular complexity index is 125. The lowest BCUT2D eigenvalue weighted by Gasteiger charge is -2.01. The molecule has 0 radical (unpaired) electrons. The third kappa shape index (κ3) is 2.60. The molecule has 0 N–H and O–H groups in total. The van der Waals surface area contributed by atoms with Crippen LogP contribution in [-0.4, -0.2) is 24.1 Å². The zero-order valence-corrected chi connectivity index (χ0v) is 7.12. The van der Waals surface area contributed by atoms with E-state index >= 15 is 0 Å². The molecule has 1 rings (SSSR count). The summed E-state index contributed by atoms with van der Waals surface area (Å²) in [5.74, 6) is 1.10. The van der Waals surface area contributed by atoms with Gasteiger partial charge in [0.25, 0.3) is 0 Å². The smallest absolute Gasteiger partial charge is 0.245 e. The number of rotatable bonds is 3. The van der Waals surface area contributed by atoms with Gasteiger partial charge in [0.1, 0.15) is 0 Å². The molecule has 0 atom stereocenters. The third-order valence-electron chi connectivity index (χ3n) is 1.28. The molecular formula is C7H13NOS. The highest BCUT2D eigenvalue weighted by atomic mass is 32.2. The maximum atomic E-state index is 5.36. The molecule has 1 aliphatic heterocycles. The summed E-state index contributed by atoms with van der Waals surface area (Å²) in [6, 6.07) is 0. The molecule has 0 bridgehead atoms. The first kappa shape index (κ1) is 7.92. The van der Waals surface area contributed by atoms with E-state index in [9.17, 15) is 0 Å². The molecule has 1 heterocycles. The Hall–Kier alpha value is -0.180. The van der Waals surface area contributed by atoms with Crippen molar-refractivity contribution < 1.29 is 4.74 Å². The second-order valence-corrected chi connectivity index (χ2v) is 3.24. The van der Waals surface area contributed by atoms with Gasteiger partial charge >= 0.3 is 0 Å². The summed E-state index contributed by atoms with van der Waals surface area (Å²) in [7, 11) is 0. The van der Waals surface area contributed by atoms with Crippen LogP contribution >= 0.6 is 11.8 Å². The lowest BCUT2D eigenvalue weighted by atomic mass is 10.4. The van der Waals surface area contributed by atoms with Crippen LogP contribution in [0.4, 0.5) is 0 Å². The third-order valence-corrected chi connectivity index (χ3v) is 2.16. The first-order valence-corrected chi connectivity index (χ1v) is 4.72. The van der Waals surface area contributed by atoms with Crippen molar-refractivity contribution in [2.75, 3.05) is 18.9 Å². The van der Waals surface area contributed by atoms with Crippen molar-refractivity contribution in [2.24, 2.45) is 4.99 Å². The fraction of sp³-hybridized carbons (Fsp3) is 0.857. The largest absolute Gasteiger partial charge is 0.473 e. The van der Waals surface area contributed by atoms with Crippen molar-refractivity contribution in [3.05, 3.63) is 0 Å². The zero-order valence-electron chi connectivity index (χ0n) is 6.30. The van der Waals surface area contributed by atoms with E-state index in [2.05, 4.69) is 11.9 Å². The monoisotopic (exact) mass is 159 g/mol. The molecule has 0 amide bonds. The summed E-state index contributed by atoms with van der Waals surface area (Å²) in [5.41, 5.74) is 0. The molecule has 3 heteroatoms. The molecule has 0 fully saturated rings. The van der Waals surface area contributed by atoms with Crippen molar-refractivity contribution in [2.45, 2.75) is 19.8 Å². The topological polar surface area (TPSA) is 21.6 Å². The lowest BCUT2D eigenvalue weighted by molar-refractivity contribution is 0.306. The van der Waals surface area contributed by atoms with Crippen LogP contribution in [0.3, 0.4) is 0 Å². The van der Waals surface area contributed by atoms with Gasteiger partial charge in [-0.15, -0.1) is 0 Å². The van der Waals surface area contributed by atoms with Gasteiger partial charge in [-0.1, -0.05) is 25.1 Å². The van der Waals surface area contributed by atoms with Gasteiger partial charge in [0.15, 0.2) is 0 Å². The predicted octanol–water partition coefficient (Wildman–Crippen LogP) is 1.91. The first-order chi connectivity index (χ1) is 4.93. The Labute approximate surface area is 66.1 Å². The van der Waals surface area contributed by atoms with Crippen molar-refractivity contribution >= 4 is 17.0 Å². The van der Waals surface area contributed by atoms with Crippen LogP contribution in [0.2, 0.25) is 0 Å². The molecule has 0 aromatic carbocycles. The minimum absolute atomic E-state index is 0.836. The molecule has 0 spiro atoms. The van der Waals surface area contributed by atoms with E-state index in [-0.39, 0.29) is 0 Å². The Morgan fingerprint density at radius 3 is 3.20 bits per heavy atom. The molecule has 0 aromatic heterocycles. The number of ether oxygens (including phenoxy) is 1. The van der Waals surface area contributed by atoms with Gasteiger partial charge in [-0.25, -0.2) is 4.99 Å². The van der Waals surface area contributed by atoms with E-state index in [1.807, 2.05) is 0 Å². The highest BCUT2D eigenvalue weighted by Crippen LogP contribution is 2.12. The standard InChI is InChI=1S/C7H13NOS/c1-2-3-5-9-7-8-4-6-10-7/h2-6H2,1H3. The van der Waals surface area contributed by atoms with Gasteiger partial charge < -0.3 is 4.74 Å². The Morgan fingerprint density at radius 2 is 2.60 bits per heavy atom. The van der Waals surface area contributed by atoms with Gasteiger partial charge in [0.05, 0.1) is 13.2 Å². The molecule has 58 valence electrons. The van der Waals surface area contributed by atoms with Crippen molar-refractivity contribution in [1.29, 1.82) is 0 Å². The molecule has 0 unspecified atom stereocenters. The number of hydrogen-bond donors (Lipinski definition) is 0. The van der Waals surface area contributed by atoms with Crippen LogP contribution in [0.5, 0.6) is 0 Å². The van der Waals surface area contributed by atoms with Gasteiger partial charge in [0.2, 0.25) is 5.23 Å². The average Bonchev–Trinajstić information content (AvgIpc) is 2.41. The van der Waals surface area contributed by atoms with Gasteiger partial charge in [0, 0.05) is 5.75 Å². The highest BCUT2D eigenvalue weighted by Gasteiger charge is 2.06. The summed E-state index contributed by atoms with van der Waals surface area (Å²) in [5, 5.41) is 0.897. The molecular weight excluding hydrogens is 146 g/mol. The summed E-state index contributed by atoms with van der Waals surface area (Å²) < 4.78 is 5.36. The van der Waals surface area contributed by atoms with Gasteiger partial charge in [-0.05, 0) is 6.42 Å². The zero-order chi connectivity index (χ0) is 7.23. The van der Waals surface area contributed by atoms with E-state index in [1.165, 1.54) is 6.42 Å². The molecule has 0 aromatic rings. The Morgan fingerprint density at radius 1 is 1.70 bits per heavy atom. The highest BCUT2D eigenvalue weighted by molar-refractivity contribution is 8.13. The first-order valence-electron chi connectivity index (χ1n) is 3.73. The van der Waals surface area contributed by atoms with Crippen LogP contribution in [0.25, 0.3) is 0 Å². The fourth-order valence-corrected chi connectivity index (χ4v) is 1.41. The van der Waals surface area contributed by atoms with E-state index in [4.69, 9.17) is 4.74 Å². The maximum Gasteiger partial charge on any atom is 0.245 e. The Kier molecular flexibility index (Phi) is 3.65. The van der Waals surface area contributed by atoms with Crippen LogP contribution in [0.1, 0.15) is 19.8 Å². The van der Waals surface area contributed by atoms with Gasteiger partial charge in [-0.3, -0.25) is 0 Å². The molecule has 1 aliphatic rings. The molecule has 0 aliphatic carbocycles. The van der Waals surface area contributed by atoms with Crippen LogP contribution in [0, 0.1) is 0 Å². The second-order valence-electron chi connectivity index (χ2n) is 2.20. The average molecular weight is 159 g/mol. The van der Waals surface area contributed by atoms with Crippen molar-refractivity contribution in [3.63, 3.8) is 0 Å².